The van der Waals surface area contributed by atoms with Crippen molar-refractivity contribution in [1.29, 1.82) is 0 Å². The first-order valence-electron chi connectivity index (χ1n) is 8.52. The van der Waals surface area contributed by atoms with E-state index in [0.29, 0.717) is 0 Å². The smallest absolute Gasteiger partial charge is 0.181 e. The van der Waals surface area contributed by atoms with Crippen LogP contribution in [0.4, 0.5) is 0 Å². The van der Waals surface area contributed by atoms with E-state index in [-0.39, 0.29) is 1.43 Å². The van der Waals surface area contributed by atoms with Crippen LogP contribution in [0.15, 0.2) is 47.1 Å². The number of aryl methyl sites for hydroxylation is 2. The summed E-state index contributed by atoms with van der Waals surface area (Å²) < 4.78 is 5.27. The second kappa shape index (κ2) is 7.30. The zero-order valence-corrected chi connectivity index (χ0v) is 15.0. The molecule has 0 aliphatic rings. The Balaban J connectivity index is 0.000000784. The maximum absolute atomic E-state index is 5.27. The van der Waals surface area contributed by atoms with Gasteiger partial charge in [-0.1, -0.05) is 49.3 Å². The molecule has 0 spiro atoms. The Bertz CT molecular complexity index is 957. The molecule has 5 heteroatoms. The summed E-state index contributed by atoms with van der Waals surface area (Å²) in [6, 6.07) is 12.4. The molecule has 4 rings (SSSR count). The third-order valence-electron chi connectivity index (χ3n) is 4.03. The summed E-state index contributed by atoms with van der Waals surface area (Å²) in [6.07, 6.45) is 2.62. The molecule has 3 aromatic heterocycles. The van der Waals surface area contributed by atoms with E-state index < -0.39 is 0 Å². The lowest BCUT2D eigenvalue weighted by atomic mass is 10.0. The molecule has 0 aliphatic heterocycles. The molecule has 0 aliphatic carbocycles. The van der Waals surface area contributed by atoms with Gasteiger partial charge in [-0.15, -0.1) is 0 Å². The second-order valence-electron chi connectivity index (χ2n) is 5.66. The summed E-state index contributed by atoms with van der Waals surface area (Å²) in [5.74, 6) is 0.803. The van der Waals surface area contributed by atoms with Crippen LogP contribution in [0.2, 0.25) is 0 Å². The van der Waals surface area contributed by atoms with Crippen LogP contribution in [-0.4, -0.2) is 20.3 Å². The van der Waals surface area contributed by atoms with E-state index in [2.05, 4.69) is 38.5 Å². The SMILES string of the molecule is CC.Cc1noc(C)c1-c1cnc2n[nH]c(Cc3ccccc3)c2c1.[HH]. The molecular weight excluding hydrogens is 312 g/mol. The van der Waals surface area contributed by atoms with Crippen molar-refractivity contribution in [3.05, 3.63) is 65.3 Å². The van der Waals surface area contributed by atoms with Gasteiger partial charge >= 0.3 is 0 Å². The average Bonchev–Trinajstić information content (AvgIpc) is 3.20. The van der Waals surface area contributed by atoms with Gasteiger partial charge in [-0.2, -0.15) is 5.10 Å². The van der Waals surface area contributed by atoms with Gasteiger partial charge in [-0.05, 0) is 25.5 Å². The van der Waals surface area contributed by atoms with Gasteiger partial charge in [0.25, 0.3) is 0 Å². The Hall–Kier alpha value is -2.95. The molecular formula is C20H24N4O. The molecule has 4 aromatic rings. The van der Waals surface area contributed by atoms with Crippen molar-refractivity contribution in [3.8, 4) is 11.1 Å². The number of pyridine rings is 1. The van der Waals surface area contributed by atoms with Crippen molar-refractivity contribution in [1.82, 2.24) is 20.3 Å². The lowest BCUT2D eigenvalue weighted by Crippen LogP contribution is -1.90. The fraction of sp³-hybridized carbons (Fsp3) is 0.250. The van der Waals surface area contributed by atoms with Crippen molar-refractivity contribution < 1.29 is 5.95 Å². The van der Waals surface area contributed by atoms with Crippen LogP contribution in [0.25, 0.3) is 22.2 Å². The summed E-state index contributed by atoms with van der Waals surface area (Å²) in [7, 11) is 0. The van der Waals surface area contributed by atoms with E-state index in [1.807, 2.05) is 52.1 Å². The summed E-state index contributed by atoms with van der Waals surface area (Å²) in [4.78, 5) is 4.47. The van der Waals surface area contributed by atoms with Crippen LogP contribution in [0.1, 0.15) is 38.0 Å². The van der Waals surface area contributed by atoms with E-state index >= 15 is 0 Å². The molecule has 1 N–H and O–H groups in total. The molecule has 3 heterocycles. The highest BCUT2D eigenvalue weighted by Gasteiger charge is 2.14. The highest BCUT2D eigenvalue weighted by molar-refractivity contribution is 5.84. The van der Waals surface area contributed by atoms with Gasteiger partial charge in [-0.3, -0.25) is 5.10 Å². The molecule has 0 saturated carbocycles. The van der Waals surface area contributed by atoms with Gasteiger partial charge in [0.05, 0.1) is 5.69 Å². The van der Waals surface area contributed by atoms with Gasteiger partial charge < -0.3 is 4.52 Å². The van der Waals surface area contributed by atoms with Crippen molar-refractivity contribution >= 4 is 11.0 Å². The number of nitrogens with zero attached hydrogens (tertiary/aromatic N) is 3. The summed E-state index contributed by atoms with van der Waals surface area (Å²) in [5, 5.41) is 12.5. The van der Waals surface area contributed by atoms with Gasteiger partial charge in [0, 0.05) is 36.3 Å². The number of rotatable bonds is 3. The minimum absolute atomic E-state index is 0. The maximum atomic E-state index is 5.27. The van der Waals surface area contributed by atoms with Crippen LogP contribution in [0, 0.1) is 13.8 Å². The molecule has 5 nitrogen and oxygen atoms in total. The first-order valence-corrected chi connectivity index (χ1v) is 8.52. The zero-order valence-electron chi connectivity index (χ0n) is 15.0. The van der Waals surface area contributed by atoms with E-state index in [9.17, 15) is 0 Å². The molecule has 25 heavy (non-hydrogen) atoms. The van der Waals surface area contributed by atoms with E-state index in [1.54, 1.807) is 0 Å². The van der Waals surface area contributed by atoms with Crippen LogP contribution >= 0.6 is 0 Å². The minimum Gasteiger partial charge on any atom is -0.361 e. The molecule has 0 amide bonds. The Morgan fingerprint density at radius 2 is 1.88 bits per heavy atom. The Labute approximate surface area is 148 Å². The number of aromatic nitrogens is 4. The normalized spacial score (nSPS) is 10.6. The number of H-pyrrole nitrogens is 1. The number of nitrogens with one attached hydrogen (secondary N) is 1. The highest BCUT2D eigenvalue weighted by atomic mass is 16.5. The summed E-state index contributed by atoms with van der Waals surface area (Å²) >= 11 is 0. The standard InChI is InChI=1S/C18H16N4O.C2H6.H2/c1-11-17(12(2)23-22-11)14-9-15-16(20-21-18(15)19-10-14)8-13-6-4-3-5-7-13;1-2;/h3-7,9-10H,8H2,1-2H3,(H,19,20,21);1-2H3;1H. The number of aromatic amines is 1. The third kappa shape index (κ3) is 3.31. The molecule has 0 saturated heterocycles. The number of benzene rings is 1. The van der Waals surface area contributed by atoms with E-state index in [1.165, 1.54) is 5.56 Å². The van der Waals surface area contributed by atoms with E-state index in [4.69, 9.17) is 4.52 Å². The van der Waals surface area contributed by atoms with Crippen molar-refractivity contribution in [2.75, 3.05) is 0 Å². The second-order valence-corrected chi connectivity index (χ2v) is 5.66. The van der Waals surface area contributed by atoms with Crippen LogP contribution in [-0.2, 0) is 6.42 Å². The molecule has 0 bridgehead atoms. The molecule has 0 unspecified atom stereocenters. The van der Waals surface area contributed by atoms with Gasteiger partial charge in [-0.25, -0.2) is 4.98 Å². The maximum Gasteiger partial charge on any atom is 0.181 e. The van der Waals surface area contributed by atoms with Crippen molar-refractivity contribution in [3.63, 3.8) is 0 Å². The fourth-order valence-corrected chi connectivity index (χ4v) is 2.92. The first-order chi connectivity index (χ1) is 12.2. The Morgan fingerprint density at radius 1 is 1.12 bits per heavy atom. The summed E-state index contributed by atoms with van der Waals surface area (Å²) in [5.41, 5.74) is 5.91. The van der Waals surface area contributed by atoms with Crippen molar-refractivity contribution in [2.45, 2.75) is 34.1 Å². The Morgan fingerprint density at radius 3 is 2.56 bits per heavy atom. The minimum atomic E-state index is 0. The van der Waals surface area contributed by atoms with Gasteiger partial charge in [0.2, 0.25) is 0 Å². The topological polar surface area (TPSA) is 67.6 Å². The monoisotopic (exact) mass is 336 g/mol. The number of hydrogen-bond acceptors (Lipinski definition) is 4. The predicted octanol–water partition coefficient (Wildman–Crippen LogP) is 5.09. The molecule has 130 valence electrons. The lowest BCUT2D eigenvalue weighted by Gasteiger charge is -2.02. The van der Waals surface area contributed by atoms with Gasteiger partial charge in [0.15, 0.2) is 5.65 Å². The van der Waals surface area contributed by atoms with Crippen LogP contribution in [0.3, 0.4) is 0 Å². The molecule has 0 atom stereocenters. The van der Waals surface area contributed by atoms with E-state index in [0.717, 1.165) is 45.7 Å². The molecule has 1 aromatic carbocycles. The quantitative estimate of drug-likeness (QED) is 0.565. The fourth-order valence-electron chi connectivity index (χ4n) is 2.92. The third-order valence-corrected chi connectivity index (χ3v) is 4.03. The van der Waals surface area contributed by atoms with Gasteiger partial charge in [0.1, 0.15) is 5.76 Å². The highest BCUT2D eigenvalue weighted by Crippen LogP contribution is 2.29. The average molecular weight is 336 g/mol. The van der Waals surface area contributed by atoms with Crippen LogP contribution < -0.4 is 0 Å². The zero-order chi connectivity index (χ0) is 17.8. The van der Waals surface area contributed by atoms with Crippen LogP contribution in [0.5, 0.6) is 0 Å². The number of hydrogen-bond donors (Lipinski definition) is 1. The predicted molar refractivity (Wildman–Crippen MR) is 102 cm³/mol. The molecule has 0 fully saturated rings. The number of fused-ring (bicyclic) bond motifs is 1. The largest absolute Gasteiger partial charge is 0.361 e. The van der Waals surface area contributed by atoms with Crippen molar-refractivity contribution in [2.24, 2.45) is 0 Å². The Kier molecular flexibility index (Phi) is 4.93. The first kappa shape index (κ1) is 16.9. The molecule has 0 radical (unpaired) electrons. The summed E-state index contributed by atoms with van der Waals surface area (Å²) in [6.45, 7) is 7.86. The lowest BCUT2D eigenvalue weighted by molar-refractivity contribution is 0.393.